The molecule has 3 rings (SSSR count). The van der Waals surface area contributed by atoms with Crippen LogP contribution in [0, 0.1) is 0 Å². The van der Waals surface area contributed by atoms with E-state index in [0.29, 0.717) is 5.56 Å². The lowest BCUT2D eigenvalue weighted by Crippen LogP contribution is -1.92. The van der Waals surface area contributed by atoms with Crippen molar-refractivity contribution in [2.24, 2.45) is 0 Å². The standard InChI is InChI=1S/C21H16O/c22-21(20-9-5-2-6-10-20)16-13-17-11-14-19(15-12-17)18-7-3-1-4-8-18/h1-16H/b16-13-. The average Bonchev–Trinajstić information content (AvgIpc) is 2.61. The van der Waals surface area contributed by atoms with E-state index in [2.05, 4.69) is 24.3 Å². The van der Waals surface area contributed by atoms with Crippen molar-refractivity contribution >= 4 is 11.9 Å². The lowest BCUT2D eigenvalue weighted by molar-refractivity contribution is 0.104. The molecule has 1 nitrogen and oxygen atoms in total. The fourth-order valence-electron chi connectivity index (χ4n) is 2.29. The van der Waals surface area contributed by atoms with E-state index in [4.69, 9.17) is 0 Å². The van der Waals surface area contributed by atoms with Gasteiger partial charge in [-0.2, -0.15) is 0 Å². The van der Waals surface area contributed by atoms with Crippen LogP contribution in [0.15, 0.2) is 91.0 Å². The molecule has 0 aliphatic carbocycles. The minimum absolute atomic E-state index is 0.0211. The second-order valence-corrected chi connectivity index (χ2v) is 5.05. The third-order valence-electron chi connectivity index (χ3n) is 3.50. The van der Waals surface area contributed by atoms with Crippen LogP contribution in [0.5, 0.6) is 0 Å². The lowest BCUT2D eigenvalue weighted by Gasteiger charge is -2.01. The molecular weight excluding hydrogens is 268 g/mol. The summed E-state index contributed by atoms with van der Waals surface area (Å²) in [6.45, 7) is 0. The monoisotopic (exact) mass is 284 g/mol. The SMILES string of the molecule is O=C(/C=C\c1ccc(-c2ccccc2)cc1)c1ccccc1. The molecule has 0 bridgehead atoms. The van der Waals surface area contributed by atoms with Crippen LogP contribution in [0.1, 0.15) is 15.9 Å². The summed E-state index contributed by atoms with van der Waals surface area (Å²) in [6, 6.07) is 27.7. The van der Waals surface area contributed by atoms with Gasteiger partial charge in [0.2, 0.25) is 0 Å². The van der Waals surface area contributed by atoms with Gasteiger partial charge < -0.3 is 0 Å². The van der Waals surface area contributed by atoms with Crippen LogP contribution < -0.4 is 0 Å². The highest BCUT2D eigenvalue weighted by Crippen LogP contribution is 2.19. The summed E-state index contributed by atoms with van der Waals surface area (Å²) in [7, 11) is 0. The molecule has 0 atom stereocenters. The molecule has 1 heteroatoms. The Bertz CT molecular complexity index is 769. The Hall–Kier alpha value is -2.93. The van der Waals surface area contributed by atoms with Gasteiger partial charge in [0.1, 0.15) is 0 Å². The Morgan fingerprint density at radius 2 is 1.18 bits per heavy atom. The predicted molar refractivity (Wildman–Crippen MR) is 91.7 cm³/mol. The van der Waals surface area contributed by atoms with Crippen LogP contribution in [-0.4, -0.2) is 5.78 Å². The average molecular weight is 284 g/mol. The van der Waals surface area contributed by atoms with Gasteiger partial charge in [-0.3, -0.25) is 4.79 Å². The Morgan fingerprint density at radius 3 is 1.82 bits per heavy atom. The number of ketones is 1. The van der Waals surface area contributed by atoms with Crippen LogP contribution in [0.2, 0.25) is 0 Å². The summed E-state index contributed by atoms with van der Waals surface area (Å²) in [5.74, 6) is 0.0211. The normalized spacial score (nSPS) is 10.7. The van der Waals surface area contributed by atoms with E-state index in [1.807, 2.05) is 66.7 Å². The molecular formula is C21H16O. The molecule has 0 saturated carbocycles. The predicted octanol–water partition coefficient (Wildman–Crippen LogP) is 5.25. The summed E-state index contributed by atoms with van der Waals surface area (Å²) in [4.78, 5) is 12.0. The van der Waals surface area contributed by atoms with E-state index in [0.717, 1.165) is 5.56 Å². The summed E-state index contributed by atoms with van der Waals surface area (Å²) >= 11 is 0. The summed E-state index contributed by atoms with van der Waals surface area (Å²) in [5, 5.41) is 0. The van der Waals surface area contributed by atoms with Gasteiger partial charge in [-0.1, -0.05) is 91.0 Å². The van der Waals surface area contributed by atoms with Crippen molar-refractivity contribution in [1.82, 2.24) is 0 Å². The van der Waals surface area contributed by atoms with Gasteiger partial charge in [-0.15, -0.1) is 0 Å². The third kappa shape index (κ3) is 3.39. The zero-order valence-corrected chi connectivity index (χ0v) is 12.1. The molecule has 0 saturated heterocycles. The first-order valence-electron chi connectivity index (χ1n) is 7.26. The van der Waals surface area contributed by atoms with Gasteiger partial charge in [-0.05, 0) is 22.8 Å². The topological polar surface area (TPSA) is 17.1 Å². The Kier molecular flexibility index (Phi) is 4.26. The van der Waals surface area contributed by atoms with Crippen molar-refractivity contribution < 1.29 is 4.79 Å². The van der Waals surface area contributed by atoms with Crippen LogP contribution in [0.25, 0.3) is 17.2 Å². The van der Waals surface area contributed by atoms with E-state index < -0.39 is 0 Å². The summed E-state index contributed by atoms with van der Waals surface area (Å²) in [6.07, 6.45) is 3.47. The number of allylic oxidation sites excluding steroid dienone is 1. The molecule has 0 unspecified atom stereocenters. The highest BCUT2D eigenvalue weighted by atomic mass is 16.1. The number of benzene rings is 3. The molecule has 3 aromatic rings. The van der Waals surface area contributed by atoms with Crippen LogP contribution >= 0.6 is 0 Å². The van der Waals surface area contributed by atoms with Gasteiger partial charge in [-0.25, -0.2) is 0 Å². The second-order valence-electron chi connectivity index (χ2n) is 5.05. The molecule has 0 aliphatic heterocycles. The van der Waals surface area contributed by atoms with Crippen LogP contribution in [0.3, 0.4) is 0 Å². The smallest absolute Gasteiger partial charge is 0.185 e. The zero-order valence-electron chi connectivity index (χ0n) is 12.1. The highest BCUT2D eigenvalue weighted by Gasteiger charge is 2.00. The van der Waals surface area contributed by atoms with Crippen LogP contribution in [-0.2, 0) is 0 Å². The first kappa shape index (κ1) is 14.0. The fraction of sp³-hybridized carbons (Fsp3) is 0. The highest BCUT2D eigenvalue weighted by molar-refractivity contribution is 6.06. The molecule has 0 aliphatic rings. The minimum Gasteiger partial charge on any atom is -0.289 e. The Labute approximate surface area is 130 Å². The molecule has 0 amide bonds. The Morgan fingerprint density at radius 1 is 0.636 bits per heavy atom. The minimum atomic E-state index is 0.0211. The molecule has 106 valence electrons. The first-order chi connectivity index (χ1) is 10.8. The number of rotatable bonds is 4. The first-order valence-corrected chi connectivity index (χ1v) is 7.26. The number of hydrogen-bond acceptors (Lipinski definition) is 1. The zero-order chi connectivity index (χ0) is 15.2. The molecule has 0 N–H and O–H groups in total. The van der Waals surface area contributed by atoms with Crippen molar-refractivity contribution in [2.75, 3.05) is 0 Å². The van der Waals surface area contributed by atoms with Gasteiger partial charge in [0.15, 0.2) is 5.78 Å². The van der Waals surface area contributed by atoms with Crippen molar-refractivity contribution in [3.63, 3.8) is 0 Å². The maximum atomic E-state index is 12.0. The molecule has 0 heterocycles. The fourth-order valence-corrected chi connectivity index (χ4v) is 2.29. The molecule has 0 aromatic heterocycles. The van der Waals surface area contributed by atoms with Crippen molar-refractivity contribution in [1.29, 1.82) is 0 Å². The van der Waals surface area contributed by atoms with Gasteiger partial charge in [0.25, 0.3) is 0 Å². The number of hydrogen-bond donors (Lipinski definition) is 0. The van der Waals surface area contributed by atoms with Gasteiger partial charge in [0, 0.05) is 5.56 Å². The lowest BCUT2D eigenvalue weighted by atomic mass is 10.0. The molecule has 0 radical (unpaired) electrons. The van der Waals surface area contributed by atoms with E-state index in [9.17, 15) is 4.79 Å². The van der Waals surface area contributed by atoms with Crippen molar-refractivity contribution in [3.8, 4) is 11.1 Å². The Balaban J connectivity index is 1.74. The van der Waals surface area contributed by atoms with E-state index in [1.165, 1.54) is 11.1 Å². The molecule has 22 heavy (non-hydrogen) atoms. The second kappa shape index (κ2) is 6.68. The quantitative estimate of drug-likeness (QED) is 0.472. The van der Waals surface area contributed by atoms with Crippen LogP contribution in [0.4, 0.5) is 0 Å². The molecule has 0 spiro atoms. The van der Waals surface area contributed by atoms with E-state index in [1.54, 1.807) is 6.08 Å². The molecule has 3 aromatic carbocycles. The van der Waals surface area contributed by atoms with Gasteiger partial charge in [0.05, 0.1) is 0 Å². The van der Waals surface area contributed by atoms with Crippen molar-refractivity contribution in [2.45, 2.75) is 0 Å². The number of carbonyl (C=O) groups is 1. The molecule has 0 fully saturated rings. The van der Waals surface area contributed by atoms with E-state index >= 15 is 0 Å². The summed E-state index contributed by atoms with van der Waals surface area (Å²) in [5.41, 5.74) is 4.09. The maximum Gasteiger partial charge on any atom is 0.185 e. The summed E-state index contributed by atoms with van der Waals surface area (Å²) < 4.78 is 0. The largest absolute Gasteiger partial charge is 0.289 e. The third-order valence-corrected chi connectivity index (χ3v) is 3.50. The maximum absolute atomic E-state index is 12.0. The van der Waals surface area contributed by atoms with Gasteiger partial charge >= 0.3 is 0 Å². The number of carbonyl (C=O) groups excluding carboxylic acids is 1. The van der Waals surface area contributed by atoms with E-state index in [-0.39, 0.29) is 5.78 Å². The van der Waals surface area contributed by atoms with Crippen molar-refractivity contribution in [3.05, 3.63) is 102 Å².